The largest absolute Gasteiger partial charge is 0.492 e. The van der Waals surface area contributed by atoms with E-state index in [2.05, 4.69) is 36.6 Å². The molecule has 20 heavy (non-hydrogen) atoms. The molecule has 1 saturated heterocycles. The van der Waals surface area contributed by atoms with E-state index in [1.54, 1.807) is 4.90 Å². The average molecular weight is 277 g/mol. The van der Waals surface area contributed by atoms with Gasteiger partial charge in [0.05, 0.1) is 6.54 Å². The highest BCUT2D eigenvalue weighted by atomic mass is 16.5. The standard InChI is InChI=1S/C15H23N3O2/c1-3-16-12(2)13-4-6-14(7-5-13)20-11-10-18-9-8-17-15(18)19/h4-7,12,16H,3,8-11H2,1-2H3,(H,17,19). The van der Waals surface area contributed by atoms with Crippen LogP contribution in [0, 0.1) is 0 Å². The zero-order chi connectivity index (χ0) is 14.4. The van der Waals surface area contributed by atoms with Crippen LogP contribution in [0.15, 0.2) is 24.3 Å². The van der Waals surface area contributed by atoms with Crippen LogP contribution in [-0.2, 0) is 0 Å². The van der Waals surface area contributed by atoms with Crippen LogP contribution in [0.5, 0.6) is 5.75 Å². The summed E-state index contributed by atoms with van der Waals surface area (Å²) in [4.78, 5) is 13.1. The van der Waals surface area contributed by atoms with Crippen LogP contribution in [0.2, 0.25) is 0 Å². The van der Waals surface area contributed by atoms with E-state index in [9.17, 15) is 4.79 Å². The molecule has 5 heteroatoms. The number of urea groups is 1. The molecular formula is C15H23N3O2. The Bertz CT molecular complexity index is 433. The summed E-state index contributed by atoms with van der Waals surface area (Å²) >= 11 is 0. The van der Waals surface area contributed by atoms with Gasteiger partial charge in [-0.2, -0.15) is 0 Å². The van der Waals surface area contributed by atoms with E-state index in [0.717, 1.165) is 25.4 Å². The summed E-state index contributed by atoms with van der Waals surface area (Å²) < 4.78 is 5.67. The molecule has 1 aromatic rings. The highest BCUT2D eigenvalue weighted by molar-refractivity contribution is 5.76. The number of amides is 2. The van der Waals surface area contributed by atoms with Gasteiger partial charge in [-0.05, 0) is 31.2 Å². The summed E-state index contributed by atoms with van der Waals surface area (Å²) in [7, 11) is 0. The van der Waals surface area contributed by atoms with Crippen LogP contribution in [-0.4, -0.2) is 43.7 Å². The number of ether oxygens (including phenoxy) is 1. The minimum Gasteiger partial charge on any atom is -0.492 e. The van der Waals surface area contributed by atoms with Gasteiger partial charge in [-0.1, -0.05) is 19.1 Å². The van der Waals surface area contributed by atoms with Gasteiger partial charge in [0.2, 0.25) is 0 Å². The van der Waals surface area contributed by atoms with E-state index >= 15 is 0 Å². The summed E-state index contributed by atoms with van der Waals surface area (Å²) in [5.74, 6) is 0.844. The third-order valence-electron chi connectivity index (χ3n) is 3.47. The van der Waals surface area contributed by atoms with Gasteiger partial charge in [0.15, 0.2) is 0 Å². The van der Waals surface area contributed by atoms with E-state index < -0.39 is 0 Å². The molecule has 0 saturated carbocycles. The fourth-order valence-corrected chi connectivity index (χ4v) is 2.27. The molecule has 110 valence electrons. The minimum absolute atomic E-state index is 0.00316. The van der Waals surface area contributed by atoms with Crippen molar-refractivity contribution in [2.24, 2.45) is 0 Å². The molecule has 2 N–H and O–H groups in total. The number of hydrogen-bond acceptors (Lipinski definition) is 3. The van der Waals surface area contributed by atoms with Crippen molar-refractivity contribution in [1.82, 2.24) is 15.5 Å². The molecule has 1 fully saturated rings. The Balaban J connectivity index is 1.77. The molecule has 0 radical (unpaired) electrons. The van der Waals surface area contributed by atoms with E-state index in [-0.39, 0.29) is 6.03 Å². The second kappa shape index (κ2) is 7.14. The van der Waals surface area contributed by atoms with Gasteiger partial charge in [-0.3, -0.25) is 0 Å². The molecule has 1 aliphatic heterocycles. The molecule has 0 bridgehead atoms. The second-order valence-corrected chi connectivity index (χ2v) is 4.92. The topological polar surface area (TPSA) is 53.6 Å². The minimum atomic E-state index is 0.00316. The summed E-state index contributed by atoms with van der Waals surface area (Å²) in [6, 6.07) is 8.46. The monoisotopic (exact) mass is 277 g/mol. The number of nitrogens with zero attached hydrogens (tertiary/aromatic N) is 1. The predicted octanol–water partition coefficient (Wildman–Crippen LogP) is 1.76. The number of carbonyl (C=O) groups excluding carboxylic acids is 1. The third-order valence-corrected chi connectivity index (χ3v) is 3.47. The maximum absolute atomic E-state index is 11.4. The lowest BCUT2D eigenvalue weighted by Gasteiger charge is -2.15. The third kappa shape index (κ3) is 3.87. The molecule has 2 amide bonds. The quantitative estimate of drug-likeness (QED) is 0.798. The van der Waals surface area contributed by atoms with Crippen LogP contribution in [0.25, 0.3) is 0 Å². The highest BCUT2D eigenvalue weighted by Crippen LogP contribution is 2.17. The molecule has 0 spiro atoms. The van der Waals surface area contributed by atoms with Crippen molar-refractivity contribution in [2.75, 3.05) is 32.8 Å². The van der Waals surface area contributed by atoms with Crippen LogP contribution in [0.1, 0.15) is 25.5 Å². The van der Waals surface area contributed by atoms with E-state index in [0.29, 0.717) is 19.2 Å². The number of rotatable bonds is 7. The molecular weight excluding hydrogens is 254 g/mol. The van der Waals surface area contributed by atoms with E-state index in [1.807, 2.05) is 12.1 Å². The highest BCUT2D eigenvalue weighted by Gasteiger charge is 2.18. The predicted molar refractivity (Wildman–Crippen MR) is 79.0 cm³/mol. The summed E-state index contributed by atoms with van der Waals surface area (Å²) in [6.07, 6.45) is 0. The molecule has 1 heterocycles. The first-order valence-electron chi connectivity index (χ1n) is 7.19. The van der Waals surface area contributed by atoms with E-state index in [4.69, 9.17) is 4.74 Å². The van der Waals surface area contributed by atoms with Crippen molar-refractivity contribution in [3.63, 3.8) is 0 Å². The molecule has 1 unspecified atom stereocenters. The van der Waals surface area contributed by atoms with Crippen LogP contribution >= 0.6 is 0 Å². The Morgan fingerprint density at radius 1 is 1.40 bits per heavy atom. The molecule has 1 aliphatic rings. The smallest absolute Gasteiger partial charge is 0.317 e. The first kappa shape index (κ1) is 14.7. The van der Waals surface area contributed by atoms with Crippen LogP contribution in [0.3, 0.4) is 0 Å². The number of benzene rings is 1. The Morgan fingerprint density at radius 2 is 2.15 bits per heavy atom. The van der Waals surface area contributed by atoms with Crippen molar-refractivity contribution >= 4 is 6.03 Å². The van der Waals surface area contributed by atoms with Crippen molar-refractivity contribution < 1.29 is 9.53 Å². The van der Waals surface area contributed by atoms with Gasteiger partial charge in [-0.15, -0.1) is 0 Å². The van der Waals surface area contributed by atoms with Crippen molar-refractivity contribution in [3.8, 4) is 5.75 Å². The van der Waals surface area contributed by atoms with Gasteiger partial charge in [0.25, 0.3) is 0 Å². The maximum Gasteiger partial charge on any atom is 0.317 e. The summed E-state index contributed by atoms with van der Waals surface area (Å²) in [5.41, 5.74) is 1.25. The Hall–Kier alpha value is -1.75. The number of nitrogens with one attached hydrogen (secondary N) is 2. The summed E-state index contributed by atoms with van der Waals surface area (Å²) in [6.45, 7) is 7.85. The zero-order valence-corrected chi connectivity index (χ0v) is 12.2. The normalized spacial score (nSPS) is 16.1. The van der Waals surface area contributed by atoms with Crippen molar-refractivity contribution in [2.45, 2.75) is 19.9 Å². The average Bonchev–Trinajstić information content (AvgIpc) is 2.85. The van der Waals surface area contributed by atoms with Gasteiger partial charge in [-0.25, -0.2) is 4.79 Å². The Kier molecular flexibility index (Phi) is 5.24. The molecule has 1 aromatic carbocycles. The first-order chi connectivity index (χ1) is 9.70. The molecule has 2 rings (SSSR count). The SMILES string of the molecule is CCNC(C)c1ccc(OCCN2CCNC2=O)cc1. The number of hydrogen-bond donors (Lipinski definition) is 2. The lowest BCUT2D eigenvalue weighted by molar-refractivity contribution is 0.202. The van der Waals surface area contributed by atoms with Gasteiger partial charge in [0, 0.05) is 19.1 Å². The first-order valence-corrected chi connectivity index (χ1v) is 7.19. The van der Waals surface area contributed by atoms with E-state index in [1.165, 1.54) is 5.56 Å². The Labute approximate surface area is 120 Å². The number of carbonyl (C=O) groups is 1. The summed E-state index contributed by atoms with van der Waals surface area (Å²) in [5, 5.41) is 6.15. The fourth-order valence-electron chi connectivity index (χ4n) is 2.27. The van der Waals surface area contributed by atoms with Gasteiger partial charge < -0.3 is 20.3 Å². The maximum atomic E-state index is 11.4. The zero-order valence-electron chi connectivity index (χ0n) is 12.2. The molecule has 5 nitrogen and oxygen atoms in total. The molecule has 0 aromatic heterocycles. The lowest BCUT2D eigenvalue weighted by Crippen LogP contribution is -2.31. The van der Waals surface area contributed by atoms with Crippen LogP contribution in [0.4, 0.5) is 4.79 Å². The van der Waals surface area contributed by atoms with Crippen LogP contribution < -0.4 is 15.4 Å². The molecule has 1 atom stereocenters. The van der Waals surface area contributed by atoms with Gasteiger partial charge in [0.1, 0.15) is 12.4 Å². The van der Waals surface area contributed by atoms with Crippen molar-refractivity contribution in [3.05, 3.63) is 29.8 Å². The second-order valence-electron chi connectivity index (χ2n) is 4.92. The molecule has 0 aliphatic carbocycles. The lowest BCUT2D eigenvalue weighted by atomic mass is 10.1. The fraction of sp³-hybridized carbons (Fsp3) is 0.533. The van der Waals surface area contributed by atoms with Crippen molar-refractivity contribution in [1.29, 1.82) is 0 Å². The van der Waals surface area contributed by atoms with Gasteiger partial charge >= 0.3 is 6.03 Å². The Morgan fingerprint density at radius 3 is 2.75 bits per heavy atom.